The van der Waals surface area contributed by atoms with E-state index in [0.29, 0.717) is 13.2 Å². The number of ether oxygens (including phenoxy) is 1. The summed E-state index contributed by atoms with van der Waals surface area (Å²) in [5, 5.41) is 11.6. The summed E-state index contributed by atoms with van der Waals surface area (Å²) in [6, 6.07) is 7.07. The van der Waals surface area contributed by atoms with Crippen molar-refractivity contribution in [2.75, 3.05) is 18.5 Å². The second kappa shape index (κ2) is 6.75. The number of benzene rings is 1. The van der Waals surface area contributed by atoms with Crippen LogP contribution in [0.5, 0.6) is 5.75 Å². The van der Waals surface area contributed by atoms with E-state index >= 15 is 0 Å². The Hall–Kier alpha value is -1.75. The van der Waals surface area contributed by atoms with E-state index in [2.05, 4.69) is 5.32 Å². The molecule has 0 aliphatic heterocycles. The van der Waals surface area contributed by atoms with Crippen LogP contribution in [-0.4, -0.2) is 30.3 Å². The Morgan fingerprint density at radius 2 is 2.12 bits per heavy atom. The maximum Gasteiger partial charge on any atom is 0.304 e. The van der Waals surface area contributed by atoms with Gasteiger partial charge in [0.1, 0.15) is 5.75 Å². The fraction of sp³-hybridized carbons (Fsp3) is 0.417. The highest BCUT2D eigenvalue weighted by atomic mass is 16.5. The normalized spacial score (nSPS) is 11.9. The Morgan fingerprint density at radius 3 is 2.65 bits per heavy atom. The highest BCUT2D eigenvalue weighted by Crippen LogP contribution is 2.15. The molecular formula is C12H18N2O3. The van der Waals surface area contributed by atoms with Gasteiger partial charge >= 0.3 is 5.97 Å². The lowest BCUT2D eigenvalue weighted by Crippen LogP contribution is -2.31. The van der Waals surface area contributed by atoms with Crippen LogP contribution >= 0.6 is 0 Å². The summed E-state index contributed by atoms with van der Waals surface area (Å²) in [4.78, 5) is 10.4. The zero-order valence-electron chi connectivity index (χ0n) is 9.85. The molecule has 0 aromatic heterocycles. The molecule has 5 heteroatoms. The molecule has 0 fully saturated rings. The lowest BCUT2D eigenvalue weighted by atomic mass is 10.2. The average molecular weight is 238 g/mol. The average Bonchev–Trinajstić information content (AvgIpc) is 2.28. The fourth-order valence-corrected chi connectivity index (χ4v) is 1.38. The molecule has 0 radical (unpaired) electrons. The van der Waals surface area contributed by atoms with E-state index in [1.54, 1.807) is 0 Å². The third-order valence-electron chi connectivity index (χ3n) is 2.17. The molecule has 1 unspecified atom stereocenters. The lowest BCUT2D eigenvalue weighted by Gasteiger charge is -2.12. The molecule has 1 aromatic carbocycles. The van der Waals surface area contributed by atoms with E-state index in [0.717, 1.165) is 11.4 Å². The quantitative estimate of drug-likeness (QED) is 0.666. The summed E-state index contributed by atoms with van der Waals surface area (Å²) in [6.07, 6.45) is -0.0377. The molecule has 0 saturated heterocycles. The summed E-state index contributed by atoms with van der Waals surface area (Å²) in [5.74, 6) is -0.0705. The first-order chi connectivity index (χ1) is 8.11. The molecule has 0 spiro atoms. The summed E-state index contributed by atoms with van der Waals surface area (Å²) in [6.45, 7) is 2.99. The zero-order valence-corrected chi connectivity index (χ0v) is 9.85. The van der Waals surface area contributed by atoms with Gasteiger partial charge in [-0.2, -0.15) is 0 Å². The number of hydrogen-bond acceptors (Lipinski definition) is 4. The first kappa shape index (κ1) is 13.3. The zero-order chi connectivity index (χ0) is 12.7. The second-order valence-corrected chi connectivity index (χ2v) is 3.70. The smallest absolute Gasteiger partial charge is 0.304 e. The van der Waals surface area contributed by atoms with Crippen molar-refractivity contribution in [3.63, 3.8) is 0 Å². The van der Waals surface area contributed by atoms with Gasteiger partial charge in [-0.3, -0.25) is 4.79 Å². The Morgan fingerprint density at radius 1 is 1.47 bits per heavy atom. The van der Waals surface area contributed by atoms with Crippen LogP contribution in [0.2, 0.25) is 0 Å². The standard InChI is InChI=1S/C12H18N2O3/c1-2-17-11-5-3-10(4-6-11)14-8-9(13)7-12(15)16/h3-6,9,14H,2,7-8,13H2,1H3,(H,15,16). The highest BCUT2D eigenvalue weighted by Gasteiger charge is 2.07. The van der Waals surface area contributed by atoms with Crippen LogP contribution in [0.3, 0.4) is 0 Å². The maximum atomic E-state index is 10.4. The fourth-order valence-electron chi connectivity index (χ4n) is 1.38. The van der Waals surface area contributed by atoms with Crippen molar-refractivity contribution in [2.45, 2.75) is 19.4 Å². The van der Waals surface area contributed by atoms with Gasteiger partial charge in [0.2, 0.25) is 0 Å². The van der Waals surface area contributed by atoms with Gasteiger partial charge in [-0.05, 0) is 31.2 Å². The van der Waals surface area contributed by atoms with Crippen LogP contribution in [0, 0.1) is 0 Å². The molecule has 0 heterocycles. The number of aliphatic carboxylic acids is 1. The molecule has 17 heavy (non-hydrogen) atoms. The number of carboxylic acid groups (broad SMARTS) is 1. The summed E-state index contributed by atoms with van der Waals surface area (Å²) < 4.78 is 5.31. The molecule has 5 nitrogen and oxygen atoms in total. The number of nitrogens with two attached hydrogens (primary N) is 1. The summed E-state index contributed by atoms with van der Waals surface area (Å²) in [7, 11) is 0. The molecule has 1 atom stereocenters. The van der Waals surface area contributed by atoms with Crippen molar-refractivity contribution in [1.29, 1.82) is 0 Å². The Balaban J connectivity index is 2.38. The number of anilines is 1. The van der Waals surface area contributed by atoms with Crippen molar-refractivity contribution < 1.29 is 14.6 Å². The van der Waals surface area contributed by atoms with Gasteiger partial charge in [0.05, 0.1) is 13.0 Å². The monoisotopic (exact) mass is 238 g/mol. The molecule has 0 aliphatic rings. The van der Waals surface area contributed by atoms with Crippen molar-refractivity contribution >= 4 is 11.7 Å². The van der Waals surface area contributed by atoms with Gasteiger partial charge < -0.3 is 20.9 Å². The van der Waals surface area contributed by atoms with Crippen LogP contribution in [-0.2, 0) is 4.79 Å². The second-order valence-electron chi connectivity index (χ2n) is 3.70. The molecule has 1 rings (SSSR count). The van der Waals surface area contributed by atoms with E-state index in [1.165, 1.54) is 0 Å². The summed E-state index contributed by atoms with van der Waals surface area (Å²) in [5.41, 5.74) is 6.53. The van der Waals surface area contributed by atoms with E-state index in [-0.39, 0.29) is 12.5 Å². The Kier molecular flexibility index (Phi) is 5.29. The number of carbonyl (C=O) groups is 1. The van der Waals surface area contributed by atoms with Crippen LogP contribution in [0.25, 0.3) is 0 Å². The van der Waals surface area contributed by atoms with Crippen molar-refractivity contribution in [3.8, 4) is 5.75 Å². The Bertz CT molecular complexity index is 351. The van der Waals surface area contributed by atoms with Crippen LogP contribution in [0.4, 0.5) is 5.69 Å². The largest absolute Gasteiger partial charge is 0.494 e. The van der Waals surface area contributed by atoms with Gasteiger partial charge in [0, 0.05) is 18.3 Å². The molecule has 0 bridgehead atoms. The minimum absolute atomic E-state index is 0.0377. The van der Waals surface area contributed by atoms with Gasteiger partial charge in [-0.1, -0.05) is 0 Å². The summed E-state index contributed by atoms with van der Waals surface area (Å²) >= 11 is 0. The van der Waals surface area contributed by atoms with Crippen LogP contribution < -0.4 is 15.8 Å². The van der Waals surface area contributed by atoms with Gasteiger partial charge in [0.25, 0.3) is 0 Å². The minimum atomic E-state index is -0.883. The first-order valence-corrected chi connectivity index (χ1v) is 5.56. The van der Waals surface area contributed by atoms with E-state index in [1.807, 2.05) is 31.2 Å². The van der Waals surface area contributed by atoms with Crippen molar-refractivity contribution in [3.05, 3.63) is 24.3 Å². The maximum absolute atomic E-state index is 10.4. The molecule has 0 amide bonds. The molecular weight excluding hydrogens is 220 g/mol. The van der Waals surface area contributed by atoms with Crippen LogP contribution in [0.15, 0.2) is 24.3 Å². The topological polar surface area (TPSA) is 84.6 Å². The molecule has 1 aromatic rings. The third kappa shape index (κ3) is 5.21. The van der Waals surface area contributed by atoms with E-state index in [9.17, 15) is 4.79 Å². The van der Waals surface area contributed by atoms with Gasteiger partial charge in [-0.15, -0.1) is 0 Å². The number of nitrogens with one attached hydrogen (secondary N) is 1. The predicted octanol–water partition coefficient (Wildman–Crippen LogP) is 1.30. The van der Waals surface area contributed by atoms with Gasteiger partial charge in [-0.25, -0.2) is 0 Å². The molecule has 4 N–H and O–H groups in total. The van der Waals surface area contributed by atoms with Crippen molar-refractivity contribution in [1.82, 2.24) is 0 Å². The Labute approximate surface area is 101 Å². The molecule has 0 saturated carbocycles. The third-order valence-corrected chi connectivity index (χ3v) is 2.17. The number of hydrogen-bond donors (Lipinski definition) is 3. The minimum Gasteiger partial charge on any atom is -0.494 e. The molecule has 0 aliphatic carbocycles. The number of carboxylic acids is 1. The van der Waals surface area contributed by atoms with Crippen LogP contribution in [0.1, 0.15) is 13.3 Å². The van der Waals surface area contributed by atoms with E-state index in [4.69, 9.17) is 15.6 Å². The SMILES string of the molecule is CCOc1ccc(NCC(N)CC(=O)O)cc1. The highest BCUT2D eigenvalue weighted by molar-refractivity contribution is 5.67. The number of rotatable bonds is 7. The predicted molar refractivity (Wildman–Crippen MR) is 66.3 cm³/mol. The van der Waals surface area contributed by atoms with Crippen molar-refractivity contribution in [2.24, 2.45) is 5.73 Å². The lowest BCUT2D eigenvalue weighted by molar-refractivity contribution is -0.137. The van der Waals surface area contributed by atoms with E-state index < -0.39 is 5.97 Å². The van der Waals surface area contributed by atoms with Gasteiger partial charge in [0.15, 0.2) is 0 Å². The molecule has 94 valence electrons. The first-order valence-electron chi connectivity index (χ1n) is 5.56.